The number of rotatable bonds is 6. The summed E-state index contributed by atoms with van der Waals surface area (Å²) in [4.78, 5) is 28.5. The van der Waals surface area contributed by atoms with Gasteiger partial charge in [-0.3, -0.25) is 9.78 Å². The topological polar surface area (TPSA) is 80.2 Å². The van der Waals surface area contributed by atoms with E-state index in [1.54, 1.807) is 24.5 Å². The summed E-state index contributed by atoms with van der Waals surface area (Å²) in [6.45, 7) is 1.86. The van der Waals surface area contributed by atoms with Crippen molar-refractivity contribution in [3.05, 3.63) is 65.9 Å². The summed E-state index contributed by atoms with van der Waals surface area (Å²) in [7, 11) is 0. The summed E-state index contributed by atoms with van der Waals surface area (Å²) in [5.41, 5.74) is 3.34. The van der Waals surface area contributed by atoms with Crippen molar-refractivity contribution in [3.8, 4) is 11.4 Å². The Balaban J connectivity index is 1.41. The molecule has 8 heteroatoms. The Labute approximate surface area is 192 Å². The molecule has 1 N–H and O–H groups in total. The van der Waals surface area contributed by atoms with Crippen LogP contribution < -0.4 is 5.32 Å². The zero-order valence-corrected chi connectivity index (χ0v) is 18.3. The van der Waals surface area contributed by atoms with E-state index in [1.807, 2.05) is 17.0 Å². The number of aromatic nitrogens is 3. The van der Waals surface area contributed by atoms with E-state index in [9.17, 15) is 9.18 Å². The molecule has 1 amide bonds. The average Bonchev–Trinajstić information content (AvgIpc) is 3.38. The van der Waals surface area contributed by atoms with E-state index in [0.29, 0.717) is 37.6 Å². The minimum atomic E-state index is -0.302. The molecule has 0 bridgehead atoms. The zero-order valence-electron chi connectivity index (χ0n) is 18.3. The van der Waals surface area contributed by atoms with Crippen molar-refractivity contribution in [2.75, 3.05) is 18.5 Å². The molecule has 0 unspecified atom stereocenters. The second kappa shape index (κ2) is 9.62. The number of amides is 1. The van der Waals surface area contributed by atoms with Gasteiger partial charge in [0.05, 0.1) is 18.3 Å². The lowest BCUT2D eigenvalue weighted by Gasteiger charge is -2.30. The first-order valence-electron chi connectivity index (χ1n) is 11.4. The lowest BCUT2D eigenvalue weighted by Crippen LogP contribution is -2.37. The molecule has 2 aromatic heterocycles. The standard InChI is InChI=1S/C25H26FN5O2/c26-18-5-7-19(8-6-18)28-25-21-16-31(23(32)10-9-20-4-2-14-33-20)13-11-22(21)29-24(30-25)17-3-1-12-27-15-17/h1,3,5-8,12,15,20H,2,4,9-11,13-14,16H2,(H,28,29,30)/t20-/m1/s1. The maximum Gasteiger partial charge on any atom is 0.222 e. The van der Waals surface area contributed by atoms with Crippen molar-refractivity contribution < 1.29 is 13.9 Å². The number of hydrogen-bond donors (Lipinski definition) is 1. The third-order valence-electron chi connectivity index (χ3n) is 6.14. The Morgan fingerprint density at radius 3 is 2.85 bits per heavy atom. The van der Waals surface area contributed by atoms with Crippen LogP contribution in [-0.2, 0) is 22.5 Å². The number of carbonyl (C=O) groups excluding carboxylic acids is 1. The lowest BCUT2D eigenvalue weighted by molar-refractivity contribution is -0.132. The van der Waals surface area contributed by atoms with E-state index in [0.717, 1.165) is 48.4 Å². The second-order valence-corrected chi connectivity index (χ2v) is 8.43. The summed E-state index contributed by atoms with van der Waals surface area (Å²) in [6, 6.07) is 9.90. The van der Waals surface area contributed by atoms with Crippen molar-refractivity contribution in [2.45, 2.75) is 44.8 Å². The number of carbonyl (C=O) groups is 1. The van der Waals surface area contributed by atoms with Gasteiger partial charge in [-0.05, 0) is 55.7 Å². The van der Waals surface area contributed by atoms with Gasteiger partial charge in [-0.2, -0.15) is 0 Å². The molecule has 0 spiro atoms. The molecule has 2 aliphatic heterocycles. The Bertz CT molecular complexity index is 1120. The van der Waals surface area contributed by atoms with Crippen molar-refractivity contribution in [1.29, 1.82) is 0 Å². The minimum absolute atomic E-state index is 0.125. The van der Waals surface area contributed by atoms with E-state index < -0.39 is 0 Å². The Hall–Kier alpha value is -3.39. The third-order valence-corrected chi connectivity index (χ3v) is 6.14. The highest BCUT2D eigenvalue weighted by atomic mass is 19.1. The average molecular weight is 448 g/mol. The highest BCUT2D eigenvalue weighted by molar-refractivity contribution is 5.77. The van der Waals surface area contributed by atoms with Crippen LogP contribution in [0.5, 0.6) is 0 Å². The highest BCUT2D eigenvalue weighted by Gasteiger charge is 2.27. The maximum absolute atomic E-state index is 13.4. The monoisotopic (exact) mass is 447 g/mol. The fourth-order valence-corrected chi connectivity index (χ4v) is 4.34. The number of anilines is 2. The molecule has 5 rings (SSSR count). The number of nitrogens with zero attached hydrogens (tertiary/aromatic N) is 4. The van der Waals surface area contributed by atoms with Crippen LogP contribution in [0, 0.1) is 5.82 Å². The molecule has 2 aliphatic rings. The van der Waals surface area contributed by atoms with E-state index in [4.69, 9.17) is 14.7 Å². The second-order valence-electron chi connectivity index (χ2n) is 8.43. The molecule has 3 aromatic rings. The molecule has 1 atom stereocenters. The molecule has 1 fully saturated rings. The maximum atomic E-state index is 13.4. The van der Waals surface area contributed by atoms with Gasteiger partial charge in [-0.15, -0.1) is 0 Å². The molecule has 33 heavy (non-hydrogen) atoms. The molecule has 0 radical (unpaired) electrons. The largest absolute Gasteiger partial charge is 0.378 e. The third kappa shape index (κ3) is 5.01. The van der Waals surface area contributed by atoms with Gasteiger partial charge in [-0.25, -0.2) is 14.4 Å². The molecular formula is C25H26FN5O2. The van der Waals surface area contributed by atoms with Crippen LogP contribution in [0.1, 0.15) is 36.9 Å². The molecule has 0 aliphatic carbocycles. The van der Waals surface area contributed by atoms with Gasteiger partial charge >= 0.3 is 0 Å². The summed E-state index contributed by atoms with van der Waals surface area (Å²) in [5, 5.41) is 3.31. The summed E-state index contributed by atoms with van der Waals surface area (Å²) >= 11 is 0. The zero-order chi connectivity index (χ0) is 22.6. The van der Waals surface area contributed by atoms with Crippen LogP contribution in [0.4, 0.5) is 15.9 Å². The predicted molar refractivity (Wildman–Crippen MR) is 122 cm³/mol. The van der Waals surface area contributed by atoms with Gasteiger partial charge in [0.15, 0.2) is 5.82 Å². The smallest absolute Gasteiger partial charge is 0.222 e. The van der Waals surface area contributed by atoms with Gasteiger partial charge in [0.25, 0.3) is 0 Å². The van der Waals surface area contributed by atoms with Crippen molar-refractivity contribution in [1.82, 2.24) is 19.9 Å². The lowest BCUT2D eigenvalue weighted by atomic mass is 10.0. The number of ether oxygens (including phenoxy) is 1. The van der Waals surface area contributed by atoms with Crippen LogP contribution in [0.15, 0.2) is 48.8 Å². The quantitative estimate of drug-likeness (QED) is 0.608. The van der Waals surface area contributed by atoms with Crippen LogP contribution in [-0.4, -0.2) is 45.0 Å². The van der Waals surface area contributed by atoms with E-state index in [2.05, 4.69) is 10.3 Å². The first kappa shape index (κ1) is 21.5. The summed E-state index contributed by atoms with van der Waals surface area (Å²) in [5.74, 6) is 1.02. The molecular weight excluding hydrogens is 421 g/mol. The minimum Gasteiger partial charge on any atom is -0.378 e. The number of halogens is 1. The molecule has 1 aromatic carbocycles. The van der Waals surface area contributed by atoms with Crippen molar-refractivity contribution in [3.63, 3.8) is 0 Å². The van der Waals surface area contributed by atoms with E-state index in [-0.39, 0.29) is 17.8 Å². The van der Waals surface area contributed by atoms with Crippen LogP contribution in [0.2, 0.25) is 0 Å². The molecule has 0 saturated carbocycles. The van der Waals surface area contributed by atoms with Crippen molar-refractivity contribution >= 4 is 17.4 Å². The molecule has 7 nitrogen and oxygen atoms in total. The highest BCUT2D eigenvalue weighted by Crippen LogP contribution is 2.30. The normalized spacial score (nSPS) is 17.6. The van der Waals surface area contributed by atoms with Gasteiger partial charge in [-0.1, -0.05) is 0 Å². The first-order chi connectivity index (χ1) is 16.2. The van der Waals surface area contributed by atoms with Crippen molar-refractivity contribution in [2.24, 2.45) is 0 Å². The number of pyridine rings is 1. The Morgan fingerprint density at radius 1 is 1.21 bits per heavy atom. The van der Waals surface area contributed by atoms with Crippen LogP contribution in [0.25, 0.3) is 11.4 Å². The Kier molecular flexibility index (Phi) is 6.26. The van der Waals surface area contributed by atoms with Crippen LogP contribution >= 0.6 is 0 Å². The van der Waals surface area contributed by atoms with Crippen LogP contribution in [0.3, 0.4) is 0 Å². The number of hydrogen-bond acceptors (Lipinski definition) is 6. The van der Waals surface area contributed by atoms with Gasteiger partial charge < -0.3 is 15.0 Å². The molecule has 1 saturated heterocycles. The number of fused-ring (bicyclic) bond motifs is 1. The summed E-state index contributed by atoms with van der Waals surface area (Å²) < 4.78 is 19.1. The number of nitrogens with one attached hydrogen (secondary N) is 1. The fraction of sp³-hybridized carbons (Fsp3) is 0.360. The summed E-state index contributed by atoms with van der Waals surface area (Å²) in [6.07, 6.45) is 7.64. The molecule has 4 heterocycles. The first-order valence-corrected chi connectivity index (χ1v) is 11.4. The van der Waals surface area contributed by atoms with Gasteiger partial charge in [0, 0.05) is 55.2 Å². The van der Waals surface area contributed by atoms with E-state index in [1.165, 1.54) is 12.1 Å². The van der Waals surface area contributed by atoms with Gasteiger partial charge in [0.2, 0.25) is 5.91 Å². The number of benzene rings is 1. The molecule has 170 valence electrons. The van der Waals surface area contributed by atoms with E-state index >= 15 is 0 Å². The SMILES string of the molecule is O=C(CC[C@H]1CCCO1)N1CCc2nc(-c3cccnc3)nc(Nc3ccc(F)cc3)c2C1. The fourth-order valence-electron chi connectivity index (χ4n) is 4.34. The van der Waals surface area contributed by atoms with Gasteiger partial charge in [0.1, 0.15) is 11.6 Å². The predicted octanol–water partition coefficient (Wildman–Crippen LogP) is 4.27. The Morgan fingerprint density at radius 2 is 2.09 bits per heavy atom.